The van der Waals surface area contributed by atoms with Gasteiger partial charge in [0.15, 0.2) is 6.04 Å². The van der Waals surface area contributed by atoms with Gasteiger partial charge in [-0.15, -0.1) is 0 Å². The van der Waals surface area contributed by atoms with Crippen LogP contribution in [0, 0.1) is 0 Å². The highest BCUT2D eigenvalue weighted by molar-refractivity contribution is 5.80. The maximum absolute atomic E-state index is 13.0. The Morgan fingerprint density at radius 3 is 2.50 bits per heavy atom. The number of carbonyl (C=O) groups is 1. The fourth-order valence-electron chi connectivity index (χ4n) is 4.18. The third-order valence-corrected chi connectivity index (χ3v) is 5.86. The van der Waals surface area contributed by atoms with Gasteiger partial charge in [-0.25, -0.2) is 4.98 Å². The summed E-state index contributed by atoms with van der Waals surface area (Å²) < 4.78 is 0. The average molecular weight is 352 g/mol. The van der Waals surface area contributed by atoms with Crippen LogP contribution in [0.1, 0.15) is 18.1 Å². The zero-order valence-corrected chi connectivity index (χ0v) is 15.4. The highest BCUT2D eigenvalue weighted by Crippen LogP contribution is 2.18. The summed E-state index contributed by atoms with van der Waals surface area (Å²) in [5.41, 5.74) is 2.70. The quantitative estimate of drug-likeness (QED) is 0.856. The lowest BCUT2D eigenvalue weighted by molar-refractivity contribution is -0.915. The minimum absolute atomic E-state index is 0.0298. The molecule has 0 aliphatic carbocycles. The van der Waals surface area contributed by atoms with Crippen LogP contribution in [0.25, 0.3) is 0 Å². The number of benzene rings is 1. The van der Waals surface area contributed by atoms with E-state index in [4.69, 9.17) is 0 Å². The zero-order chi connectivity index (χ0) is 17.9. The first-order valence-corrected chi connectivity index (χ1v) is 9.64. The van der Waals surface area contributed by atoms with Gasteiger partial charge in [0.25, 0.3) is 11.7 Å². The van der Waals surface area contributed by atoms with E-state index in [1.54, 1.807) is 0 Å². The molecule has 0 bridgehead atoms. The van der Waals surface area contributed by atoms with Gasteiger partial charge in [-0.2, -0.15) is 0 Å². The lowest BCUT2D eigenvalue weighted by atomic mass is 9.99. The number of rotatable bonds is 3. The number of carbonyl (C=O) groups excluding carboxylic acids is 1. The van der Waals surface area contributed by atoms with E-state index in [-0.39, 0.29) is 6.04 Å². The number of hydrogen-bond donors (Lipinski definition) is 1. The number of pyridine rings is 1. The van der Waals surface area contributed by atoms with Crippen LogP contribution in [-0.2, 0) is 17.8 Å². The molecule has 136 valence electrons. The van der Waals surface area contributed by atoms with Crippen molar-refractivity contribution in [2.75, 3.05) is 37.6 Å². The van der Waals surface area contributed by atoms with Crippen molar-refractivity contribution in [3.8, 4) is 0 Å². The van der Waals surface area contributed by atoms with E-state index in [0.717, 1.165) is 51.5 Å². The number of fused-ring (bicyclic) bond motifs is 1. The second-order valence-corrected chi connectivity index (χ2v) is 7.39. The van der Waals surface area contributed by atoms with Crippen molar-refractivity contribution in [1.82, 2.24) is 4.90 Å². The van der Waals surface area contributed by atoms with E-state index >= 15 is 0 Å². The molecule has 1 atom stereocenters. The molecule has 5 nitrogen and oxygen atoms in total. The van der Waals surface area contributed by atoms with Gasteiger partial charge >= 0.3 is 0 Å². The molecule has 0 radical (unpaired) electrons. The van der Waals surface area contributed by atoms with Crippen LogP contribution < -0.4 is 14.8 Å². The van der Waals surface area contributed by atoms with Crippen molar-refractivity contribution in [1.29, 1.82) is 0 Å². The molecule has 3 heterocycles. The molecule has 2 aliphatic rings. The summed E-state index contributed by atoms with van der Waals surface area (Å²) in [5.74, 6) is 1.47. The number of H-pyrrole nitrogens is 1. The van der Waals surface area contributed by atoms with Gasteiger partial charge in [0.2, 0.25) is 0 Å². The summed E-state index contributed by atoms with van der Waals surface area (Å²) in [6.07, 6.45) is 2.94. The molecule has 2 aliphatic heterocycles. The first kappa shape index (κ1) is 17.0. The second kappa shape index (κ2) is 7.46. The van der Waals surface area contributed by atoms with Gasteiger partial charge < -0.3 is 9.80 Å². The number of nitrogens with zero attached hydrogens (tertiary/aromatic N) is 2. The smallest absolute Gasteiger partial charge is 0.280 e. The van der Waals surface area contributed by atoms with Gasteiger partial charge in [-0.1, -0.05) is 30.3 Å². The van der Waals surface area contributed by atoms with Gasteiger partial charge in [0.05, 0.1) is 6.20 Å². The topological polar surface area (TPSA) is 42.1 Å². The van der Waals surface area contributed by atoms with Crippen molar-refractivity contribution in [2.45, 2.75) is 25.9 Å². The Bertz CT molecular complexity index is 756. The Hall–Kier alpha value is -2.40. The molecule has 1 aromatic carbocycles. The maximum Gasteiger partial charge on any atom is 0.280 e. The zero-order valence-electron chi connectivity index (χ0n) is 15.4. The number of hydrogen-bond acceptors (Lipinski definition) is 2. The van der Waals surface area contributed by atoms with Gasteiger partial charge in [-0.05, 0) is 30.5 Å². The first-order chi connectivity index (χ1) is 12.7. The number of aromatic nitrogens is 1. The molecule has 26 heavy (non-hydrogen) atoms. The van der Waals surface area contributed by atoms with Crippen LogP contribution in [0.4, 0.5) is 5.82 Å². The molecule has 0 saturated carbocycles. The molecule has 1 amide bonds. The molecule has 1 aromatic heterocycles. The number of nitrogens with one attached hydrogen (secondary N) is 2. The van der Waals surface area contributed by atoms with E-state index in [1.165, 1.54) is 16.0 Å². The number of quaternary nitrogens is 1. The first-order valence-electron chi connectivity index (χ1n) is 9.64. The molecule has 4 rings (SSSR count). The normalized spacial score (nSPS) is 19.1. The number of piperazine rings is 1. The fourth-order valence-corrected chi connectivity index (χ4v) is 4.18. The molecular formula is C21H28N4O+2. The third kappa shape index (κ3) is 3.44. The monoisotopic (exact) mass is 352 g/mol. The van der Waals surface area contributed by atoms with Crippen LogP contribution in [0.2, 0.25) is 0 Å². The van der Waals surface area contributed by atoms with Crippen molar-refractivity contribution < 1.29 is 14.7 Å². The molecule has 0 unspecified atom stereocenters. The van der Waals surface area contributed by atoms with Crippen LogP contribution in [0.5, 0.6) is 0 Å². The van der Waals surface area contributed by atoms with E-state index in [2.05, 4.69) is 58.1 Å². The van der Waals surface area contributed by atoms with E-state index in [1.807, 2.05) is 12.3 Å². The SMILES string of the molecule is C[C@@H](C(=O)N1CCc2ccccc2C1)[NH+]1CCN(c2cccc[nH+]2)CC1. The number of aromatic amines is 1. The third-order valence-electron chi connectivity index (χ3n) is 5.86. The predicted molar refractivity (Wildman–Crippen MR) is 101 cm³/mol. The summed E-state index contributed by atoms with van der Waals surface area (Å²) in [5, 5.41) is 0. The summed E-state index contributed by atoms with van der Waals surface area (Å²) in [4.78, 5) is 22.2. The van der Waals surface area contributed by atoms with Crippen molar-refractivity contribution in [3.63, 3.8) is 0 Å². The molecule has 5 heteroatoms. The Morgan fingerprint density at radius 2 is 1.77 bits per heavy atom. The number of amides is 1. The average Bonchev–Trinajstić information content (AvgIpc) is 2.73. The predicted octanol–water partition coefficient (Wildman–Crippen LogP) is 0.179. The Labute approximate surface area is 155 Å². The lowest BCUT2D eigenvalue weighted by Crippen LogP contribution is -3.19. The summed E-state index contributed by atoms with van der Waals surface area (Å²) in [6, 6.07) is 14.7. The highest BCUT2D eigenvalue weighted by atomic mass is 16.2. The Morgan fingerprint density at radius 1 is 1.04 bits per heavy atom. The van der Waals surface area contributed by atoms with Gasteiger partial charge in [-0.3, -0.25) is 9.69 Å². The van der Waals surface area contributed by atoms with Gasteiger partial charge in [0, 0.05) is 19.2 Å². The molecule has 1 saturated heterocycles. The molecule has 2 N–H and O–H groups in total. The summed E-state index contributed by atoms with van der Waals surface area (Å²) >= 11 is 0. The standard InChI is InChI=1S/C21H26N4O/c1-17(21(26)25-11-9-18-6-2-3-7-19(18)16-25)23-12-14-24(15-13-23)20-8-4-5-10-22-20/h2-8,10,17H,9,11-16H2,1H3/p+2/t17-/m0/s1. The Balaban J connectivity index is 1.35. The van der Waals surface area contributed by atoms with E-state index in [0.29, 0.717) is 5.91 Å². The van der Waals surface area contributed by atoms with Crippen LogP contribution in [-0.4, -0.2) is 49.6 Å². The number of anilines is 1. The summed E-state index contributed by atoms with van der Waals surface area (Å²) in [7, 11) is 0. The molecular weight excluding hydrogens is 324 g/mol. The second-order valence-electron chi connectivity index (χ2n) is 7.39. The summed E-state index contributed by atoms with van der Waals surface area (Å²) in [6.45, 7) is 7.67. The molecule has 0 spiro atoms. The van der Waals surface area contributed by atoms with Gasteiger partial charge in [0.1, 0.15) is 26.2 Å². The fraction of sp³-hybridized carbons (Fsp3) is 0.429. The Kier molecular flexibility index (Phi) is 4.89. The van der Waals surface area contributed by atoms with Crippen LogP contribution in [0.3, 0.4) is 0 Å². The van der Waals surface area contributed by atoms with E-state index in [9.17, 15) is 4.79 Å². The molecule has 1 fully saturated rings. The highest BCUT2D eigenvalue weighted by Gasteiger charge is 2.35. The largest absolute Gasteiger partial charge is 0.333 e. The maximum atomic E-state index is 13.0. The lowest BCUT2D eigenvalue weighted by Gasteiger charge is -2.35. The van der Waals surface area contributed by atoms with Crippen molar-refractivity contribution >= 4 is 11.7 Å². The van der Waals surface area contributed by atoms with Crippen LogP contribution in [0.15, 0.2) is 48.7 Å². The van der Waals surface area contributed by atoms with Crippen molar-refractivity contribution in [3.05, 3.63) is 59.8 Å². The van der Waals surface area contributed by atoms with Crippen LogP contribution >= 0.6 is 0 Å². The van der Waals surface area contributed by atoms with E-state index < -0.39 is 0 Å². The minimum Gasteiger partial charge on any atom is -0.333 e. The molecule has 2 aromatic rings. The van der Waals surface area contributed by atoms with Crippen molar-refractivity contribution in [2.24, 2.45) is 0 Å². The minimum atomic E-state index is 0.0298.